The molecule has 0 spiro atoms. The van der Waals surface area contributed by atoms with E-state index in [9.17, 15) is 4.79 Å². The molecule has 4 saturated carbocycles. The minimum atomic E-state index is -0.0974. The van der Waals surface area contributed by atoms with Gasteiger partial charge in [-0.15, -0.1) is 0 Å². The largest absolute Gasteiger partial charge is 0.454 e. The third kappa shape index (κ3) is 2.00. The van der Waals surface area contributed by atoms with Gasteiger partial charge in [0.05, 0.1) is 5.41 Å². The molecule has 6 rings (SSSR count). The topological polar surface area (TPSA) is 38.8 Å². The van der Waals surface area contributed by atoms with Gasteiger partial charge < -0.3 is 14.4 Å². The summed E-state index contributed by atoms with van der Waals surface area (Å²) < 4.78 is 10.8. The quantitative estimate of drug-likeness (QED) is 0.837. The summed E-state index contributed by atoms with van der Waals surface area (Å²) in [6.07, 6.45) is 7.40. The fourth-order valence-electron chi connectivity index (χ4n) is 5.94. The summed E-state index contributed by atoms with van der Waals surface area (Å²) in [7, 11) is 1.92. The Morgan fingerprint density at radius 3 is 2.30 bits per heavy atom. The van der Waals surface area contributed by atoms with Gasteiger partial charge in [-0.25, -0.2) is 0 Å². The summed E-state index contributed by atoms with van der Waals surface area (Å²) in [5.41, 5.74) is 0.815. The highest BCUT2D eigenvalue weighted by molar-refractivity contribution is 5.97. The molecule has 5 aliphatic rings. The Morgan fingerprint density at radius 1 is 1.04 bits per heavy atom. The summed E-state index contributed by atoms with van der Waals surface area (Å²) in [6, 6.07) is 5.80. The maximum atomic E-state index is 13.4. The lowest BCUT2D eigenvalue weighted by molar-refractivity contribution is -0.143. The van der Waals surface area contributed by atoms with Crippen molar-refractivity contribution < 1.29 is 14.3 Å². The molecule has 0 unspecified atom stereocenters. The molecular formula is C19H23NO3. The molecule has 1 aromatic rings. The maximum absolute atomic E-state index is 13.4. The molecule has 122 valence electrons. The first-order valence-electron chi connectivity index (χ1n) is 8.81. The van der Waals surface area contributed by atoms with E-state index in [0.29, 0.717) is 5.91 Å². The fraction of sp³-hybridized carbons (Fsp3) is 0.632. The Bertz CT molecular complexity index is 633. The second-order valence-corrected chi connectivity index (χ2v) is 8.10. The average molecular weight is 313 g/mol. The Hall–Kier alpha value is -1.71. The predicted octanol–water partition coefficient (Wildman–Crippen LogP) is 3.59. The molecule has 0 saturated heterocycles. The number of anilines is 1. The highest BCUT2D eigenvalue weighted by Crippen LogP contribution is 2.60. The van der Waals surface area contributed by atoms with Gasteiger partial charge in [0.25, 0.3) is 0 Å². The van der Waals surface area contributed by atoms with Gasteiger partial charge in [-0.3, -0.25) is 4.79 Å². The van der Waals surface area contributed by atoms with Crippen LogP contribution in [0, 0.1) is 23.2 Å². The van der Waals surface area contributed by atoms with E-state index in [1.54, 1.807) is 0 Å². The van der Waals surface area contributed by atoms with Gasteiger partial charge in [0.15, 0.2) is 11.5 Å². The van der Waals surface area contributed by atoms with Crippen molar-refractivity contribution in [2.24, 2.45) is 23.2 Å². The molecule has 0 atom stereocenters. The normalized spacial score (nSPS) is 36.3. The van der Waals surface area contributed by atoms with Crippen molar-refractivity contribution in [1.29, 1.82) is 0 Å². The third-order valence-electron chi connectivity index (χ3n) is 6.54. The van der Waals surface area contributed by atoms with Crippen LogP contribution < -0.4 is 14.4 Å². The van der Waals surface area contributed by atoms with E-state index in [1.165, 1.54) is 19.3 Å². The van der Waals surface area contributed by atoms with Gasteiger partial charge in [-0.1, -0.05) is 0 Å². The Morgan fingerprint density at radius 2 is 1.65 bits per heavy atom. The average Bonchev–Trinajstić information content (AvgIpc) is 2.99. The van der Waals surface area contributed by atoms with E-state index in [2.05, 4.69) is 0 Å². The number of nitrogens with zero attached hydrogens (tertiary/aromatic N) is 1. The highest BCUT2D eigenvalue weighted by Gasteiger charge is 2.55. The van der Waals surface area contributed by atoms with E-state index in [4.69, 9.17) is 9.47 Å². The molecule has 4 aliphatic carbocycles. The van der Waals surface area contributed by atoms with Crippen LogP contribution in [0.15, 0.2) is 18.2 Å². The summed E-state index contributed by atoms with van der Waals surface area (Å²) in [4.78, 5) is 15.2. The highest BCUT2D eigenvalue weighted by atomic mass is 16.7. The van der Waals surface area contributed by atoms with E-state index in [-0.39, 0.29) is 12.2 Å². The van der Waals surface area contributed by atoms with Crippen LogP contribution in [0.5, 0.6) is 11.5 Å². The molecule has 1 aliphatic heterocycles. The Labute approximate surface area is 136 Å². The zero-order valence-electron chi connectivity index (χ0n) is 13.6. The van der Waals surface area contributed by atoms with Crippen molar-refractivity contribution in [3.63, 3.8) is 0 Å². The Kier molecular flexibility index (Phi) is 2.77. The molecule has 4 heteroatoms. The smallest absolute Gasteiger partial charge is 0.232 e. The van der Waals surface area contributed by atoms with Crippen molar-refractivity contribution >= 4 is 11.6 Å². The third-order valence-corrected chi connectivity index (χ3v) is 6.54. The number of hydrogen-bond donors (Lipinski definition) is 0. The second-order valence-electron chi connectivity index (χ2n) is 8.10. The van der Waals surface area contributed by atoms with Gasteiger partial charge in [-0.2, -0.15) is 0 Å². The van der Waals surface area contributed by atoms with Crippen LogP contribution in [0.3, 0.4) is 0 Å². The fourth-order valence-corrected chi connectivity index (χ4v) is 5.94. The zero-order valence-corrected chi connectivity index (χ0v) is 13.6. The lowest BCUT2D eigenvalue weighted by Crippen LogP contribution is -2.54. The van der Waals surface area contributed by atoms with Crippen LogP contribution in [0.2, 0.25) is 0 Å². The molecule has 4 nitrogen and oxygen atoms in total. The number of fused-ring (bicyclic) bond motifs is 1. The number of carbonyl (C=O) groups is 1. The lowest BCUT2D eigenvalue weighted by Gasteiger charge is -2.56. The second kappa shape index (κ2) is 4.65. The molecule has 0 aromatic heterocycles. The van der Waals surface area contributed by atoms with Gasteiger partial charge >= 0.3 is 0 Å². The van der Waals surface area contributed by atoms with E-state index < -0.39 is 0 Å². The number of carbonyl (C=O) groups excluding carboxylic acids is 1. The van der Waals surface area contributed by atoms with Crippen LogP contribution >= 0.6 is 0 Å². The van der Waals surface area contributed by atoms with Crippen LogP contribution in [-0.4, -0.2) is 19.7 Å². The predicted molar refractivity (Wildman–Crippen MR) is 86.6 cm³/mol. The SMILES string of the molecule is CN(C(=O)C12CC3CC(CC(C3)C1)C2)c1ccc2c(c1)OCO2. The van der Waals surface area contributed by atoms with E-state index in [0.717, 1.165) is 54.2 Å². The van der Waals surface area contributed by atoms with Crippen LogP contribution in [0.25, 0.3) is 0 Å². The van der Waals surface area contributed by atoms with Crippen LogP contribution in [0.1, 0.15) is 38.5 Å². The first-order valence-corrected chi connectivity index (χ1v) is 8.81. The molecule has 4 bridgehead atoms. The summed E-state index contributed by atoms with van der Waals surface area (Å²) in [5, 5.41) is 0. The van der Waals surface area contributed by atoms with Crippen molar-refractivity contribution in [1.82, 2.24) is 0 Å². The molecule has 0 radical (unpaired) electrons. The summed E-state index contributed by atoms with van der Waals surface area (Å²) in [6.45, 7) is 0.269. The van der Waals surface area contributed by atoms with E-state index >= 15 is 0 Å². The van der Waals surface area contributed by atoms with Crippen LogP contribution in [-0.2, 0) is 4.79 Å². The monoisotopic (exact) mass is 313 g/mol. The molecular weight excluding hydrogens is 290 g/mol. The molecule has 0 N–H and O–H groups in total. The zero-order chi connectivity index (χ0) is 15.6. The Balaban J connectivity index is 1.44. The minimum absolute atomic E-state index is 0.0974. The molecule has 1 heterocycles. The van der Waals surface area contributed by atoms with Gasteiger partial charge in [-0.05, 0) is 68.4 Å². The number of rotatable bonds is 2. The van der Waals surface area contributed by atoms with Gasteiger partial charge in [0.2, 0.25) is 12.7 Å². The first kappa shape index (κ1) is 13.7. The van der Waals surface area contributed by atoms with E-state index in [1.807, 2.05) is 30.1 Å². The summed E-state index contributed by atoms with van der Waals surface area (Å²) in [5.74, 6) is 4.19. The number of amides is 1. The molecule has 23 heavy (non-hydrogen) atoms. The maximum Gasteiger partial charge on any atom is 0.232 e. The van der Waals surface area contributed by atoms with Crippen molar-refractivity contribution in [2.75, 3.05) is 18.7 Å². The number of hydrogen-bond acceptors (Lipinski definition) is 3. The molecule has 1 amide bonds. The lowest BCUT2D eigenvalue weighted by atomic mass is 9.49. The van der Waals surface area contributed by atoms with Gasteiger partial charge in [0, 0.05) is 18.8 Å². The van der Waals surface area contributed by atoms with Crippen LogP contribution in [0.4, 0.5) is 5.69 Å². The standard InChI is InChI=1S/C19H23NO3/c1-20(15-2-3-16-17(7-15)23-11-22-16)18(21)19-8-12-4-13(9-19)6-14(5-12)10-19/h2-3,7,12-14H,4-6,8-11H2,1H3. The summed E-state index contributed by atoms with van der Waals surface area (Å²) >= 11 is 0. The minimum Gasteiger partial charge on any atom is -0.454 e. The van der Waals surface area contributed by atoms with Crippen molar-refractivity contribution in [3.05, 3.63) is 18.2 Å². The van der Waals surface area contributed by atoms with Crippen molar-refractivity contribution in [2.45, 2.75) is 38.5 Å². The molecule has 1 aromatic carbocycles. The number of benzene rings is 1. The van der Waals surface area contributed by atoms with Crippen molar-refractivity contribution in [3.8, 4) is 11.5 Å². The number of ether oxygens (including phenoxy) is 2. The van der Waals surface area contributed by atoms with Gasteiger partial charge in [0.1, 0.15) is 0 Å². The molecule has 4 fully saturated rings. The first-order chi connectivity index (χ1) is 11.1.